The Balaban J connectivity index is 0.00000576. The van der Waals surface area contributed by atoms with Gasteiger partial charge in [0.05, 0.1) is 6.61 Å². The average molecular weight is 371 g/mol. The third-order valence-electron chi connectivity index (χ3n) is 3.81. The van der Waals surface area contributed by atoms with Crippen molar-refractivity contribution < 1.29 is 14.3 Å². The third kappa shape index (κ3) is 8.89. The van der Waals surface area contributed by atoms with Gasteiger partial charge in [0.25, 0.3) is 0 Å². The summed E-state index contributed by atoms with van der Waals surface area (Å²) in [4.78, 5) is 23.4. The Kier molecular flexibility index (Phi) is 10.4. The van der Waals surface area contributed by atoms with Crippen molar-refractivity contribution in [3.05, 3.63) is 29.8 Å². The summed E-state index contributed by atoms with van der Waals surface area (Å²) in [7, 11) is 0. The summed E-state index contributed by atoms with van der Waals surface area (Å²) >= 11 is 0. The molecule has 1 unspecified atom stereocenters. The molecule has 5 nitrogen and oxygen atoms in total. The summed E-state index contributed by atoms with van der Waals surface area (Å²) in [5.74, 6) is 1.11. The first-order valence-corrected chi connectivity index (χ1v) is 8.50. The number of nitrogens with two attached hydrogens (primary N) is 1. The molecule has 1 atom stereocenters. The molecule has 3 N–H and O–H groups in total. The number of Topliss-reactive ketones (excluding diaryl/α,β-unsaturated/α-hetero) is 1. The smallest absolute Gasteiger partial charge is 0.220 e. The van der Waals surface area contributed by atoms with Gasteiger partial charge in [0.1, 0.15) is 5.75 Å². The molecule has 0 aliphatic heterocycles. The molecule has 0 heterocycles. The fourth-order valence-corrected chi connectivity index (χ4v) is 2.71. The summed E-state index contributed by atoms with van der Waals surface area (Å²) in [6.45, 7) is 8.58. The van der Waals surface area contributed by atoms with E-state index >= 15 is 0 Å². The fraction of sp³-hybridized carbons (Fsp3) is 0.579. The zero-order valence-electron chi connectivity index (χ0n) is 15.6. The van der Waals surface area contributed by atoms with Crippen LogP contribution in [0.2, 0.25) is 0 Å². The van der Waals surface area contributed by atoms with E-state index in [4.69, 9.17) is 10.5 Å². The highest BCUT2D eigenvalue weighted by Gasteiger charge is 2.25. The van der Waals surface area contributed by atoms with Gasteiger partial charge in [0.15, 0.2) is 5.78 Å². The lowest BCUT2D eigenvalue weighted by Gasteiger charge is -2.31. The Hall–Kier alpha value is -1.59. The number of carbonyl (C=O) groups excluding carboxylic acids is 2. The van der Waals surface area contributed by atoms with Crippen LogP contribution in [-0.4, -0.2) is 30.4 Å². The van der Waals surface area contributed by atoms with E-state index in [2.05, 4.69) is 19.2 Å². The lowest BCUT2D eigenvalue weighted by molar-refractivity contribution is -0.123. The van der Waals surface area contributed by atoms with Gasteiger partial charge in [-0.3, -0.25) is 9.59 Å². The predicted octanol–water partition coefficient (Wildman–Crippen LogP) is 3.35. The molecule has 0 bridgehead atoms. The van der Waals surface area contributed by atoms with Crippen LogP contribution in [0.15, 0.2) is 24.3 Å². The second-order valence-electron chi connectivity index (χ2n) is 6.95. The summed E-state index contributed by atoms with van der Waals surface area (Å²) in [5, 5.41) is 3.03. The second-order valence-corrected chi connectivity index (χ2v) is 6.95. The molecule has 142 valence electrons. The molecule has 1 aromatic rings. The minimum Gasteiger partial charge on any atom is -0.494 e. The third-order valence-corrected chi connectivity index (χ3v) is 3.81. The van der Waals surface area contributed by atoms with Gasteiger partial charge >= 0.3 is 0 Å². The van der Waals surface area contributed by atoms with Crippen molar-refractivity contribution in [2.75, 3.05) is 13.2 Å². The monoisotopic (exact) mass is 370 g/mol. The van der Waals surface area contributed by atoms with Crippen molar-refractivity contribution in [1.29, 1.82) is 0 Å². The molecule has 0 fully saturated rings. The van der Waals surface area contributed by atoms with Crippen LogP contribution in [0.1, 0.15) is 57.3 Å². The summed E-state index contributed by atoms with van der Waals surface area (Å²) < 4.78 is 5.61. The Bertz CT molecular complexity index is 563. The van der Waals surface area contributed by atoms with Gasteiger partial charge in [0, 0.05) is 24.1 Å². The number of hydrogen-bond donors (Lipinski definition) is 2. The number of benzene rings is 1. The van der Waals surface area contributed by atoms with E-state index in [9.17, 15) is 9.59 Å². The summed E-state index contributed by atoms with van der Waals surface area (Å²) in [6, 6.07) is 7.07. The first kappa shape index (κ1) is 23.4. The molecule has 1 amide bonds. The SMILES string of the molecule is CC(=O)c1cccc(OCCCC(=O)NC(C)(CN)CC(C)C)c1.Cl. The van der Waals surface area contributed by atoms with E-state index in [0.29, 0.717) is 43.2 Å². The van der Waals surface area contributed by atoms with Crippen molar-refractivity contribution >= 4 is 24.1 Å². The molecule has 0 aromatic heterocycles. The van der Waals surface area contributed by atoms with Crippen LogP contribution < -0.4 is 15.8 Å². The zero-order valence-corrected chi connectivity index (χ0v) is 16.4. The molecule has 25 heavy (non-hydrogen) atoms. The first-order valence-electron chi connectivity index (χ1n) is 8.50. The minimum atomic E-state index is -0.359. The van der Waals surface area contributed by atoms with E-state index in [1.54, 1.807) is 24.3 Å². The number of amides is 1. The molecule has 0 aliphatic rings. The van der Waals surface area contributed by atoms with Crippen LogP contribution in [0.5, 0.6) is 5.75 Å². The molecular weight excluding hydrogens is 340 g/mol. The van der Waals surface area contributed by atoms with Crippen molar-refractivity contribution in [2.45, 2.75) is 52.5 Å². The lowest BCUT2D eigenvalue weighted by atomic mass is 9.90. The molecule has 0 saturated heterocycles. The van der Waals surface area contributed by atoms with Crippen molar-refractivity contribution in [1.82, 2.24) is 5.32 Å². The number of halogens is 1. The molecule has 0 saturated carbocycles. The van der Waals surface area contributed by atoms with Crippen molar-refractivity contribution in [3.8, 4) is 5.75 Å². The topological polar surface area (TPSA) is 81.4 Å². The van der Waals surface area contributed by atoms with Gasteiger partial charge in [-0.05, 0) is 44.7 Å². The van der Waals surface area contributed by atoms with Gasteiger partial charge in [0.2, 0.25) is 5.91 Å². The van der Waals surface area contributed by atoms with Gasteiger partial charge in [-0.1, -0.05) is 26.0 Å². The van der Waals surface area contributed by atoms with Gasteiger partial charge in [-0.2, -0.15) is 0 Å². The van der Waals surface area contributed by atoms with E-state index in [-0.39, 0.29) is 29.6 Å². The molecule has 1 rings (SSSR count). The fourth-order valence-electron chi connectivity index (χ4n) is 2.71. The molecule has 0 aliphatic carbocycles. The Labute approximate surface area is 157 Å². The molecule has 0 radical (unpaired) electrons. The van der Waals surface area contributed by atoms with Crippen LogP contribution in [0, 0.1) is 5.92 Å². The summed E-state index contributed by atoms with van der Waals surface area (Å²) in [6.07, 6.45) is 1.85. The minimum absolute atomic E-state index is 0. The first-order chi connectivity index (χ1) is 11.3. The highest BCUT2D eigenvalue weighted by molar-refractivity contribution is 5.94. The Morgan fingerprint density at radius 1 is 1.32 bits per heavy atom. The second kappa shape index (κ2) is 11.1. The molecule has 1 aromatic carbocycles. The number of carbonyl (C=O) groups is 2. The number of ketones is 1. The highest BCUT2D eigenvalue weighted by atomic mass is 35.5. The Morgan fingerprint density at radius 3 is 2.56 bits per heavy atom. The van der Waals surface area contributed by atoms with E-state index in [0.717, 1.165) is 6.42 Å². The highest BCUT2D eigenvalue weighted by Crippen LogP contribution is 2.16. The van der Waals surface area contributed by atoms with Gasteiger partial charge in [-0.25, -0.2) is 0 Å². The molecule has 0 spiro atoms. The predicted molar refractivity (Wildman–Crippen MR) is 103 cm³/mol. The van der Waals surface area contributed by atoms with Crippen LogP contribution in [0.25, 0.3) is 0 Å². The van der Waals surface area contributed by atoms with Gasteiger partial charge in [-0.15, -0.1) is 12.4 Å². The zero-order chi connectivity index (χ0) is 18.2. The van der Waals surface area contributed by atoms with E-state index in [1.807, 2.05) is 6.92 Å². The average Bonchev–Trinajstić information content (AvgIpc) is 2.51. The number of ether oxygens (including phenoxy) is 1. The lowest BCUT2D eigenvalue weighted by Crippen LogP contribution is -2.52. The quantitative estimate of drug-likeness (QED) is 0.488. The largest absolute Gasteiger partial charge is 0.494 e. The Morgan fingerprint density at radius 2 is 2.00 bits per heavy atom. The van der Waals surface area contributed by atoms with Crippen molar-refractivity contribution in [2.24, 2.45) is 11.7 Å². The number of hydrogen-bond acceptors (Lipinski definition) is 4. The maximum absolute atomic E-state index is 12.1. The standard InChI is InChI=1S/C19H30N2O3.ClH/c1-14(2)12-19(4,13-20)21-18(23)9-6-10-24-17-8-5-7-16(11-17)15(3)22;/h5,7-8,11,14H,6,9-10,12-13,20H2,1-4H3,(H,21,23);1H. The van der Waals surface area contributed by atoms with Crippen LogP contribution >= 0.6 is 12.4 Å². The van der Waals surface area contributed by atoms with E-state index < -0.39 is 0 Å². The van der Waals surface area contributed by atoms with Gasteiger partial charge < -0.3 is 15.8 Å². The maximum Gasteiger partial charge on any atom is 0.220 e. The molecule has 6 heteroatoms. The van der Waals surface area contributed by atoms with Crippen LogP contribution in [-0.2, 0) is 4.79 Å². The summed E-state index contributed by atoms with van der Waals surface area (Å²) in [5.41, 5.74) is 6.07. The number of nitrogens with one attached hydrogen (secondary N) is 1. The van der Waals surface area contributed by atoms with Crippen molar-refractivity contribution in [3.63, 3.8) is 0 Å². The number of rotatable bonds is 10. The molecular formula is C19H31ClN2O3. The normalized spacial score (nSPS) is 12.9. The van der Waals surface area contributed by atoms with Crippen LogP contribution in [0.3, 0.4) is 0 Å². The van der Waals surface area contributed by atoms with E-state index in [1.165, 1.54) is 6.92 Å². The van der Waals surface area contributed by atoms with Crippen LogP contribution in [0.4, 0.5) is 0 Å². The maximum atomic E-state index is 12.1.